The van der Waals surface area contributed by atoms with E-state index in [4.69, 9.17) is 11.6 Å². The molecule has 0 aliphatic heterocycles. The fraction of sp³-hybridized carbons (Fsp3) is 0.333. The Morgan fingerprint density at radius 2 is 1.80 bits per heavy atom. The Labute approximate surface area is 127 Å². The minimum absolute atomic E-state index is 0.506. The first-order chi connectivity index (χ1) is 9.63. The van der Waals surface area contributed by atoms with Gasteiger partial charge >= 0.3 is 0 Å². The van der Waals surface area contributed by atoms with Gasteiger partial charge in [-0.25, -0.2) is 0 Å². The molecule has 0 aliphatic rings. The van der Waals surface area contributed by atoms with Crippen LogP contribution < -0.4 is 5.32 Å². The maximum absolute atomic E-state index is 5.88. The van der Waals surface area contributed by atoms with E-state index in [2.05, 4.69) is 55.6 Å². The van der Waals surface area contributed by atoms with Crippen LogP contribution in [-0.2, 0) is 13.0 Å². The van der Waals surface area contributed by atoms with Crippen molar-refractivity contribution in [1.82, 2.24) is 5.32 Å². The van der Waals surface area contributed by atoms with Gasteiger partial charge in [-0.3, -0.25) is 0 Å². The summed E-state index contributed by atoms with van der Waals surface area (Å²) < 4.78 is 0. The molecule has 20 heavy (non-hydrogen) atoms. The van der Waals surface area contributed by atoms with Crippen LogP contribution in [0.2, 0.25) is 5.02 Å². The van der Waals surface area contributed by atoms with Gasteiger partial charge in [0, 0.05) is 17.6 Å². The van der Waals surface area contributed by atoms with Gasteiger partial charge in [-0.2, -0.15) is 0 Å². The Bertz CT molecular complexity index is 533. The van der Waals surface area contributed by atoms with E-state index in [-0.39, 0.29) is 0 Å². The number of nitrogens with one attached hydrogen (secondary N) is 1. The van der Waals surface area contributed by atoms with Crippen molar-refractivity contribution in [3.63, 3.8) is 0 Å². The molecule has 2 rings (SSSR count). The lowest BCUT2D eigenvalue weighted by atomic mass is 10.0. The molecule has 0 spiro atoms. The predicted molar refractivity (Wildman–Crippen MR) is 87.3 cm³/mol. The molecular weight excluding hydrogens is 266 g/mol. The Balaban J connectivity index is 1.75. The largest absolute Gasteiger partial charge is 0.310 e. The van der Waals surface area contributed by atoms with Crippen LogP contribution in [0.5, 0.6) is 0 Å². The molecule has 0 radical (unpaired) electrons. The van der Waals surface area contributed by atoms with Crippen LogP contribution in [0.15, 0.2) is 48.5 Å². The lowest BCUT2D eigenvalue weighted by Gasteiger charge is -2.14. The quantitative estimate of drug-likeness (QED) is 0.808. The molecule has 106 valence electrons. The van der Waals surface area contributed by atoms with Crippen molar-refractivity contribution in [3.05, 3.63) is 70.2 Å². The minimum Gasteiger partial charge on any atom is -0.310 e. The van der Waals surface area contributed by atoms with E-state index in [1.54, 1.807) is 0 Å². The molecule has 2 aromatic rings. The van der Waals surface area contributed by atoms with Gasteiger partial charge < -0.3 is 5.32 Å². The first kappa shape index (κ1) is 15.1. The predicted octanol–water partition coefficient (Wildman–Crippen LogP) is 4.76. The fourth-order valence-electron chi connectivity index (χ4n) is 2.25. The molecule has 0 heterocycles. The van der Waals surface area contributed by atoms with Gasteiger partial charge in [0.05, 0.1) is 0 Å². The summed E-state index contributed by atoms with van der Waals surface area (Å²) in [4.78, 5) is 0. The summed E-state index contributed by atoms with van der Waals surface area (Å²) >= 11 is 5.88. The highest BCUT2D eigenvalue weighted by Crippen LogP contribution is 2.11. The first-order valence-electron chi connectivity index (χ1n) is 7.17. The van der Waals surface area contributed by atoms with Crippen molar-refractivity contribution >= 4 is 11.6 Å². The molecule has 2 aromatic carbocycles. The third-order valence-corrected chi connectivity index (χ3v) is 3.77. The summed E-state index contributed by atoms with van der Waals surface area (Å²) in [5, 5.41) is 4.35. The van der Waals surface area contributed by atoms with Crippen LogP contribution in [0.25, 0.3) is 0 Å². The number of benzene rings is 2. The maximum atomic E-state index is 5.88. The molecule has 1 unspecified atom stereocenters. The number of halogens is 1. The summed E-state index contributed by atoms with van der Waals surface area (Å²) in [5.74, 6) is 0. The van der Waals surface area contributed by atoms with Crippen molar-refractivity contribution < 1.29 is 0 Å². The van der Waals surface area contributed by atoms with Gasteiger partial charge in [0.15, 0.2) is 0 Å². The molecule has 0 fully saturated rings. The van der Waals surface area contributed by atoms with Crippen LogP contribution >= 0.6 is 11.6 Å². The average molecular weight is 288 g/mol. The molecule has 0 saturated heterocycles. The normalized spacial score (nSPS) is 12.3. The molecule has 1 atom stereocenters. The van der Waals surface area contributed by atoms with Crippen LogP contribution in [0.3, 0.4) is 0 Å². The van der Waals surface area contributed by atoms with Crippen LogP contribution in [0, 0.1) is 6.92 Å². The summed E-state index contributed by atoms with van der Waals surface area (Å²) in [6, 6.07) is 17.3. The van der Waals surface area contributed by atoms with Gasteiger partial charge in [-0.1, -0.05) is 53.6 Å². The molecule has 0 amide bonds. The van der Waals surface area contributed by atoms with E-state index in [0.29, 0.717) is 6.04 Å². The van der Waals surface area contributed by atoms with Crippen LogP contribution in [-0.4, -0.2) is 6.04 Å². The summed E-state index contributed by atoms with van der Waals surface area (Å²) in [7, 11) is 0. The second-order valence-electron chi connectivity index (χ2n) is 5.44. The molecule has 0 aliphatic carbocycles. The Morgan fingerprint density at radius 3 is 2.50 bits per heavy atom. The Morgan fingerprint density at radius 1 is 1.05 bits per heavy atom. The van der Waals surface area contributed by atoms with Gasteiger partial charge in [-0.05, 0) is 49.9 Å². The number of hydrogen-bond acceptors (Lipinski definition) is 1. The maximum Gasteiger partial charge on any atom is 0.0406 e. The van der Waals surface area contributed by atoms with Crippen molar-refractivity contribution in [2.45, 2.75) is 39.3 Å². The molecule has 0 bridgehead atoms. The van der Waals surface area contributed by atoms with E-state index < -0.39 is 0 Å². The zero-order chi connectivity index (χ0) is 14.4. The van der Waals surface area contributed by atoms with Crippen molar-refractivity contribution in [3.8, 4) is 0 Å². The summed E-state index contributed by atoms with van der Waals surface area (Å²) in [6.07, 6.45) is 2.27. The van der Waals surface area contributed by atoms with Gasteiger partial charge in [-0.15, -0.1) is 0 Å². The van der Waals surface area contributed by atoms with Crippen molar-refractivity contribution in [2.24, 2.45) is 0 Å². The molecule has 0 aromatic heterocycles. The van der Waals surface area contributed by atoms with Crippen LogP contribution in [0.1, 0.15) is 30.0 Å². The highest BCUT2D eigenvalue weighted by Gasteiger charge is 2.03. The smallest absolute Gasteiger partial charge is 0.0406 e. The molecule has 0 saturated carbocycles. The SMILES string of the molecule is Cc1cccc(CCC(C)NCc2ccc(Cl)cc2)c1. The Hall–Kier alpha value is -1.31. The van der Waals surface area contributed by atoms with E-state index in [1.165, 1.54) is 16.7 Å². The molecular formula is C18H22ClN. The second-order valence-corrected chi connectivity index (χ2v) is 5.87. The van der Waals surface area contributed by atoms with E-state index in [1.807, 2.05) is 12.1 Å². The van der Waals surface area contributed by atoms with Gasteiger partial charge in [0.1, 0.15) is 0 Å². The fourth-order valence-corrected chi connectivity index (χ4v) is 2.37. The highest BCUT2D eigenvalue weighted by atomic mass is 35.5. The number of hydrogen-bond donors (Lipinski definition) is 1. The van der Waals surface area contributed by atoms with E-state index >= 15 is 0 Å². The lowest BCUT2D eigenvalue weighted by molar-refractivity contribution is 0.514. The summed E-state index contributed by atoms with van der Waals surface area (Å²) in [5.41, 5.74) is 4.03. The minimum atomic E-state index is 0.506. The average Bonchev–Trinajstić information content (AvgIpc) is 2.45. The van der Waals surface area contributed by atoms with Gasteiger partial charge in [0.2, 0.25) is 0 Å². The molecule has 1 nitrogen and oxygen atoms in total. The lowest BCUT2D eigenvalue weighted by Crippen LogP contribution is -2.25. The van der Waals surface area contributed by atoms with Crippen molar-refractivity contribution in [1.29, 1.82) is 0 Å². The Kier molecular flexibility index (Phi) is 5.63. The third-order valence-electron chi connectivity index (χ3n) is 3.52. The third kappa shape index (κ3) is 4.99. The first-order valence-corrected chi connectivity index (χ1v) is 7.54. The zero-order valence-electron chi connectivity index (χ0n) is 12.2. The van der Waals surface area contributed by atoms with Crippen molar-refractivity contribution in [2.75, 3.05) is 0 Å². The monoisotopic (exact) mass is 287 g/mol. The second kappa shape index (κ2) is 7.47. The molecule has 1 N–H and O–H groups in total. The zero-order valence-corrected chi connectivity index (χ0v) is 13.0. The van der Waals surface area contributed by atoms with Gasteiger partial charge in [0.25, 0.3) is 0 Å². The number of aryl methyl sites for hydroxylation is 2. The highest BCUT2D eigenvalue weighted by molar-refractivity contribution is 6.30. The summed E-state index contributed by atoms with van der Waals surface area (Å²) in [6.45, 7) is 5.28. The van der Waals surface area contributed by atoms with Crippen LogP contribution in [0.4, 0.5) is 0 Å². The topological polar surface area (TPSA) is 12.0 Å². The number of rotatable bonds is 6. The van der Waals surface area contributed by atoms with E-state index in [9.17, 15) is 0 Å². The molecule has 2 heteroatoms. The standard InChI is InChI=1S/C18H22ClN/c1-14-4-3-5-16(12-14)7-6-15(2)20-13-17-8-10-18(19)11-9-17/h3-5,8-12,15,20H,6-7,13H2,1-2H3. The van der Waals surface area contributed by atoms with E-state index in [0.717, 1.165) is 24.4 Å².